The minimum Gasteiger partial charge on any atom is -0.385 e. The molecular formula is C11H20N2OS. The van der Waals surface area contributed by atoms with Crippen LogP contribution in [-0.4, -0.2) is 25.2 Å². The van der Waals surface area contributed by atoms with Crippen molar-refractivity contribution in [3.63, 3.8) is 0 Å². The molecule has 0 fully saturated rings. The minimum atomic E-state index is 0.821. The first-order valence-corrected chi connectivity index (χ1v) is 6.24. The third-order valence-electron chi connectivity index (χ3n) is 2.21. The Hall–Kier alpha value is -0.450. The van der Waals surface area contributed by atoms with Crippen molar-refractivity contribution < 1.29 is 4.74 Å². The van der Waals surface area contributed by atoms with Crippen molar-refractivity contribution in [3.8, 4) is 0 Å². The maximum absolute atomic E-state index is 5.03. The van der Waals surface area contributed by atoms with Gasteiger partial charge in [0.05, 0.1) is 10.7 Å². The van der Waals surface area contributed by atoms with E-state index in [0.717, 1.165) is 32.5 Å². The predicted molar refractivity (Wildman–Crippen MR) is 64.4 cm³/mol. The standard InChI is InChI=1S/C11H20N2OS/c1-4-12-8-10-9(2)13-11(15-10)6-5-7-14-3/h12H,4-8H2,1-3H3. The van der Waals surface area contributed by atoms with Gasteiger partial charge in [-0.15, -0.1) is 11.3 Å². The molecule has 15 heavy (non-hydrogen) atoms. The summed E-state index contributed by atoms with van der Waals surface area (Å²) in [7, 11) is 1.74. The summed E-state index contributed by atoms with van der Waals surface area (Å²) in [5.74, 6) is 0. The highest BCUT2D eigenvalue weighted by molar-refractivity contribution is 7.11. The van der Waals surface area contributed by atoms with E-state index in [-0.39, 0.29) is 0 Å². The highest BCUT2D eigenvalue weighted by Gasteiger charge is 2.06. The van der Waals surface area contributed by atoms with E-state index in [0.29, 0.717) is 0 Å². The molecule has 0 spiro atoms. The van der Waals surface area contributed by atoms with E-state index in [1.807, 2.05) is 11.3 Å². The fraction of sp³-hybridized carbons (Fsp3) is 0.727. The van der Waals surface area contributed by atoms with Crippen LogP contribution in [0.2, 0.25) is 0 Å². The van der Waals surface area contributed by atoms with Crippen LogP contribution in [0.3, 0.4) is 0 Å². The summed E-state index contributed by atoms with van der Waals surface area (Å²) in [5.41, 5.74) is 1.17. The van der Waals surface area contributed by atoms with Crippen molar-refractivity contribution in [1.29, 1.82) is 0 Å². The smallest absolute Gasteiger partial charge is 0.0932 e. The zero-order valence-corrected chi connectivity index (χ0v) is 10.6. The van der Waals surface area contributed by atoms with Gasteiger partial charge in [-0.2, -0.15) is 0 Å². The van der Waals surface area contributed by atoms with Gasteiger partial charge in [0.1, 0.15) is 0 Å². The molecule has 0 aliphatic heterocycles. The molecule has 1 aromatic rings. The molecule has 0 aliphatic rings. The Kier molecular flexibility index (Phi) is 5.83. The molecule has 0 aliphatic carbocycles. The average Bonchev–Trinajstić information content (AvgIpc) is 2.57. The lowest BCUT2D eigenvalue weighted by Crippen LogP contribution is -2.11. The molecule has 0 saturated heterocycles. The van der Waals surface area contributed by atoms with Crippen LogP contribution in [0, 0.1) is 6.92 Å². The lowest BCUT2D eigenvalue weighted by atomic mass is 10.3. The molecule has 1 aromatic heterocycles. The molecule has 0 radical (unpaired) electrons. The van der Waals surface area contributed by atoms with Gasteiger partial charge in [-0.1, -0.05) is 6.92 Å². The molecule has 0 amide bonds. The number of nitrogens with one attached hydrogen (secondary N) is 1. The summed E-state index contributed by atoms with van der Waals surface area (Å²) in [5, 5.41) is 4.57. The van der Waals surface area contributed by atoms with Gasteiger partial charge in [0, 0.05) is 31.6 Å². The second-order valence-corrected chi connectivity index (χ2v) is 4.66. The van der Waals surface area contributed by atoms with E-state index in [1.54, 1.807) is 7.11 Å². The van der Waals surface area contributed by atoms with E-state index in [2.05, 4.69) is 24.1 Å². The molecule has 3 nitrogen and oxygen atoms in total. The van der Waals surface area contributed by atoms with Crippen molar-refractivity contribution in [1.82, 2.24) is 10.3 Å². The number of methoxy groups -OCH3 is 1. The van der Waals surface area contributed by atoms with Gasteiger partial charge in [-0.05, 0) is 19.9 Å². The van der Waals surface area contributed by atoms with Crippen molar-refractivity contribution in [2.45, 2.75) is 33.2 Å². The highest BCUT2D eigenvalue weighted by atomic mass is 32.1. The molecule has 0 unspecified atom stereocenters. The Morgan fingerprint density at radius 3 is 2.93 bits per heavy atom. The summed E-state index contributed by atoms with van der Waals surface area (Å²) in [4.78, 5) is 5.92. The van der Waals surface area contributed by atoms with Gasteiger partial charge in [0.2, 0.25) is 0 Å². The second-order valence-electron chi connectivity index (χ2n) is 3.49. The molecule has 4 heteroatoms. The first-order valence-electron chi connectivity index (χ1n) is 5.42. The summed E-state index contributed by atoms with van der Waals surface area (Å²) >= 11 is 1.82. The van der Waals surface area contributed by atoms with Crippen molar-refractivity contribution in [3.05, 3.63) is 15.6 Å². The topological polar surface area (TPSA) is 34.1 Å². The van der Waals surface area contributed by atoms with Gasteiger partial charge in [0.25, 0.3) is 0 Å². The van der Waals surface area contributed by atoms with Crippen LogP contribution >= 0.6 is 11.3 Å². The number of aryl methyl sites for hydroxylation is 2. The highest BCUT2D eigenvalue weighted by Crippen LogP contribution is 2.19. The van der Waals surface area contributed by atoms with E-state index in [4.69, 9.17) is 4.74 Å². The van der Waals surface area contributed by atoms with E-state index >= 15 is 0 Å². The number of thiazole rings is 1. The van der Waals surface area contributed by atoms with Crippen LogP contribution in [0.1, 0.15) is 28.9 Å². The monoisotopic (exact) mass is 228 g/mol. The second kappa shape index (κ2) is 6.93. The van der Waals surface area contributed by atoms with Crippen LogP contribution in [0.15, 0.2) is 0 Å². The molecule has 0 atom stereocenters. The molecule has 0 aromatic carbocycles. The fourth-order valence-electron chi connectivity index (χ4n) is 1.37. The van der Waals surface area contributed by atoms with Crippen molar-refractivity contribution in [2.24, 2.45) is 0 Å². The third-order valence-corrected chi connectivity index (χ3v) is 3.43. The molecule has 86 valence electrons. The molecular weight excluding hydrogens is 208 g/mol. The number of aromatic nitrogens is 1. The Balaban J connectivity index is 2.45. The first kappa shape index (κ1) is 12.6. The largest absolute Gasteiger partial charge is 0.385 e. The number of hydrogen-bond acceptors (Lipinski definition) is 4. The van der Waals surface area contributed by atoms with E-state index < -0.39 is 0 Å². The third kappa shape index (κ3) is 4.28. The van der Waals surface area contributed by atoms with Crippen LogP contribution in [-0.2, 0) is 17.7 Å². The molecule has 0 bridgehead atoms. The average molecular weight is 228 g/mol. The molecule has 1 heterocycles. The Labute approximate surface area is 95.9 Å². The van der Waals surface area contributed by atoms with Crippen molar-refractivity contribution in [2.75, 3.05) is 20.3 Å². The lowest BCUT2D eigenvalue weighted by Gasteiger charge is -1.97. The van der Waals surface area contributed by atoms with Gasteiger partial charge < -0.3 is 10.1 Å². The van der Waals surface area contributed by atoms with Crippen LogP contribution in [0.5, 0.6) is 0 Å². The number of rotatable bonds is 7. The zero-order valence-electron chi connectivity index (χ0n) is 9.80. The van der Waals surface area contributed by atoms with Gasteiger partial charge in [-0.3, -0.25) is 0 Å². The van der Waals surface area contributed by atoms with Crippen LogP contribution in [0.25, 0.3) is 0 Å². The maximum atomic E-state index is 5.03. The number of hydrogen-bond donors (Lipinski definition) is 1. The molecule has 0 saturated carbocycles. The first-order chi connectivity index (χ1) is 7.27. The minimum absolute atomic E-state index is 0.821. The van der Waals surface area contributed by atoms with Gasteiger partial charge in [0.15, 0.2) is 0 Å². The maximum Gasteiger partial charge on any atom is 0.0932 e. The SMILES string of the molecule is CCNCc1sc(CCCOC)nc1C. The van der Waals surface area contributed by atoms with Gasteiger partial charge in [-0.25, -0.2) is 4.98 Å². The Bertz CT molecular complexity index is 286. The van der Waals surface area contributed by atoms with E-state index in [1.165, 1.54) is 15.6 Å². The Morgan fingerprint density at radius 1 is 1.47 bits per heavy atom. The van der Waals surface area contributed by atoms with E-state index in [9.17, 15) is 0 Å². The normalized spacial score (nSPS) is 10.9. The fourth-order valence-corrected chi connectivity index (χ4v) is 2.45. The lowest BCUT2D eigenvalue weighted by molar-refractivity contribution is 0.195. The van der Waals surface area contributed by atoms with Gasteiger partial charge >= 0.3 is 0 Å². The van der Waals surface area contributed by atoms with Crippen LogP contribution < -0.4 is 5.32 Å². The Morgan fingerprint density at radius 2 is 2.27 bits per heavy atom. The number of ether oxygens (including phenoxy) is 1. The van der Waals surface area contributed by atoms with Crippen LogP contribution in [0.4, 0.5) is 0 Å². The quantitative estimate of drug-likeness (QED) is 0.726. The summed E-state index contributed by atoms with van der Waals surface area (Å²) < 4.78 is 5.03. The summed E-state index contributed by atoms with van der Waals surface area (Å²) in [6.45, 7) is 6.99. The summed E-state index contributed by atoms with van der Waals surface area (Å²) in [6, 6.07) is 0. The molecule has 1 N–H and O–H groups in total. The molecule has 1 rings (SSSR count). The summed E-state index contributed by atoms with van der Waals surface area (Å²) in [6.07, 6.45) is 2.09. The van der Waals surface area contributed by atoms with Crippen molar-refractivity contribution >= 4 is 11.3 Å². The number of nitrogens with zero attached hydrogens (tertiary/aromatic N) is 1. The predicted octanol–water partition coefficient (Wildman–Crippen LogP) is 2.14. The zero-order chi connectivity index (χ0) is 11.1.